The third-order valence-electron chi connectivity index (χ3n) is 7.37. The Morgan fingerprint density at radius 2 is 1.62 bits per heavy atom. The highest BCUT2D eigenvalue weighted by Gasteiger charge is 2.42. The molecule has 0 saturated heterocycles. The smallest absolute Gasteiger partial charge is 0.407 e. The van der Waals surface area contributed by atoms with Crippen LogP contribution >= 0.6 is 0 Å². The summed E-state index contributed by atoms with van der Waals surface area (Å²) in [5.74, 6) is -0.855. The SMILES string of the molecule is O=C(O)CN(CC1CC1)C(=O)CC1(NC(=O)OCC2c3ccccc3-c3ccccc32)CCC1. The first-order valence-corrected chi connectivity index (χ1v) is 12.1. The van der Waals surface area contributed by atoms with Crippen molar-refractivity contribution in [2.75, 3.05) is 19.7 Å². The summed E-state index contributed by atoms with van der Waals surface area (Å²) in [6.45, 7) is 0.402. The minimum absolute atomic E-state index is 0.0262. The number of fused-ring (bicyclic) bond motifs is 3. The van der Waals surface area contributed by atoms with Gasteiger partial charge in [-0.25, -0.2) is 4.79 Å². The number of nitrogens with one attached hydrogen (secondary N) is 1. The number of hydrogen-bond acceptors (Lipinski definition) is 4. The summed E-state index contributed by atoms with van der Waals surface area (Å²) >= 11 is 0. The summed E-state index contributed by atoms with van der Waals surface area (Å²) in [5.41, 5.74) is 3.98. The lowest BCUT2D eigenvalue weighted by molar-refractivity contribution is -0.145. The second-order valence-corrected chi connectivity index (χ2v) is 9.87. The minimum Gasteiger partial charge on any atom is -0.480 e. The normalized spacial score (nSPS) is 17.8. The number of carboxylic acids is 1. The molecular weight excluding hydrogens is 432 g/mol. The van der Waals surface area contributed by atoms with E-state index in [-0.39, 0.29) is 31.4 Å². The molecule has 178 valence electrons. The van der Waals surface area contributed by atoms with Crippen LogP contribution in [0.2, 0.25) is 0 Å². The van der Waals surface area contributed by atoms with Crippen molar-refractivity contribution in [1.82, 2.24) is 10.2 Å². The quantitative estimate of drug-likeness (QED) is 0.583. The van der Waals surface area contributed by atoms with Crippen LogP contribution in [0, 0.1) is 5.92 Å². The molecule has 0 spiro atoms. The maximum atomic E-state index is 12.9. The minimum atomic E-state index is -1.01. The molecule has 0 radical (unpaired) electrons. The van der Waals surface area contributed by atoms with Gasteiger partial charge in [0.25, 0.3) is 0 Å². The van der Waals surface area contributed by atoms with Gasteiger partial charge in [-0.2, -0.15) is 0 Å². The van der Waals surface area contributed by atoms with Gasteiger partial charge in [0.2, 0.25) is 5.91 Å². The molecule has 7 heteroatoms. The van der Waals surface area contributed by atoms with E-state index in [1.165, 1.54) is 16.0 Å². The van der Waals surface area contributed by atoms with Crippen LogP contribution in [0.5, 0.6) is 0 Å². The molecule has 2 aromatic carbocycles. The van der Waals surface area contributed by atoms with Crippen LogP contribution in [0.1, 0.15) is 55.6 Å². The third kappa shape index (κ3) is 4.65. The molecule has 2 aromatic rings. The third-order valence-corrected chi connectivity index (χ3v) is 7.37. The summed E-state index contributed by atoms with van der Waals surface area (Å²) in [6.07, 6.45) is 3.94. The van der Waals surface area contributed by atoms with E-state index in [2.05, 4.69) is 29.6 Å². The maximum Gasteiger partial charge on any atom is 0.407 e. The van der Waals surface area contributed by atoms with Gasteiger partial charge in [0.1, 0.15) is 13.2 Å². The standard InChI is InChI=1S/C27H30N2O5/c30-24(29(16-25(31)32)15-18-10-11-18)14-27(12-5-13-27)28-26(33)34-17-23-21-8-3-1-6-19(21)20-7-2-4-9-22(20)23/h1-4,6-9,18,23H,5,10-17H2,(H,28,33)(H,31,32). The van der Waals surface area contributed by atoms with Gasteiger partial charge in [0.05, 0.1) is 12.0 Å². The number of hydrogen-bond donors (Lipinski definition) is 2. The molecule has 0 aromatic heterocycles. The first-order valence-electron chi connectivity index (χ1n) is 12.1. The number of carbonyl (C=O) groups excluding carboxylic acids is 2. The van der Waals surface area contributed by atoms with Crippen LogP contribution in [0.25, 0.3) is 11.1 Å². The van der Waals surface area contributed by atoms with Crippen LogP contribution in [-0.4, -0.2) is 53.2 Å². The predicted octanol–water partition coefficient (Wildman–Crippen LogP) is 4.16. The zero-order chi connectivity index (χ0) is 23.7. The highest BCUT2D eigenvalue weighted by Crippen LogP contribution is 2.44. The first-order chi connectivity index (χ1) is 16.4. The zero-order valence-electron chi connectivity index (χ0n) is 19.2. The number of aliphatic carboxylic acids is 1. The second-order valence-electron chi connectivity index (χ2n) is 9.87. The number of alkyl carbamates (subject to hydrolysis) is 1. The molecule has 0 bridgehead atoms. The average Bonchev–Trinajstić information content (AvgIpc) is 3.56. The fraction of sp³-hybridized carbons (Fsp3) is 0.444. The van der Waals surface area contributed by atoms with Gasteiger partial charge < -0.3 is 20.1 Å². The molecule has 0 unspecified atom stereocenters. The summed E-state index contributed by atoms with van der Waals surface area (Å²) in [7, 11) is 0. The predicted molar refractivity (Wildman–Crippen MR) is 126 cm³/mol. The number of carbonyl (C=O) groups is 3. The fourth-order valence-corrected chi connectivity index (χ4v) is 5.23. The molecule has 2 saturated carbocycles. The summed E-state index contributed by atoms with van der Waals surface area (Å²) < 4.78 is 5.68. The van der Waals surface area contributed by atoms with Crippen molar-refractivity contribution < 1.29 is 24.2 Å². The highest BCUT2D eigenvalue weighted by molar-refractivity contribution is 5.83. The van der Waals surface area contributed by atoms with Crippen molar-refractivity contribution >= 4 is 18.0 Å². The average molecular weight is 463 g/mol. The number of benzene rings is 2. The molecule has 7 nitrogen and oxygen atoms in total. The molecular formula is C27H30N2O5. The van der Waals surface area contributed by atoms with E-state index in [0.29, 0.717) is 25.3 Å². The highest BCUT2D eigenvalue weighted by atomic mass is 16.5. The molecule has 5 rings (SSSR count). The summed E-state index contributed by atoms with van der Waals surface area (Å²) in [5, 5.41) is 12.2. The Balaban J connectivity index is 1.21. The van der Waals surface area contributed by atoms with E-state index in [9.17, 15) is 19.5 Å². The molecule has 0 aliphatic heterocycles. The second kappa shape index (κ2) is 9.12. The lowest BCUT2D eigenvalue weighted by atomic mass is 9.74. The number of rotatable bonds is 9. The van der Waals surface area contributed by atoms with Crippen molar-refractivity contribution in [2.24, 2.45) is 5.92 Å². The van der Waals surface area contributed by atoms with Gasteiger partial charge in [0.15, 0.2) is 0 Å². The number of ether oxygens (including phenoxy) is 1. The van der Waals surface area contributed by atoms with E-state index in [0.717, 1.165) is 30.4 Å². The van der Waals surface area contributed by atoms with Gasteiger partial charge in [-0.05, 0) is 60.3 Å². The van der Waals surface area contributed by atoms with Crippen LogP contribution in [-0.2, 0) is 14.3 Å². The molecule has 3 aliphatic carbocycles. The van der Waals surface area contributed by atoms with E-state index in [1.807, 2.05) is 24.3 Å². The molecule has 2 fully saturated rings. The Hall–Kier alpha value is -3.35. The first kappa shape index (κ1) is 22.4. The Labute approximate surface area is 199 Å². The Morgan fingerprint density at radius 3 is 2.15 bits per heavy atom. The van der Waals surface area contributed by atoms with Crippen LogP contribution in [0.15, 0.2) is 48.5 Å². The number of amides is 2. The molecule has 2 N–H and O–H groups in total. The van der Waals surface area contributed by atoms with Gasteiger partial charge in [-0.15, -0.1) is 0 Å². The lowest BCUT2D eigenvalue weighted by Crippen LogP contribution is -2.56. The maximum absolute atomic E-state index is 12.9. The number of nitrogens with zero attached hydrogens (tertiary/aromatic N) is 1. The lowest BCUT2D eigenvalue weighted by Gasteiger charge is -2.42. The molecule has 2 amide bonds. The molecule has 34 heavy (non-hydrogen) atoms. The summed E-state index contributed by atoms with van der Waals surface area (Å²) in [4.78, 5) is 38.4. The van der Waals surface area contributed by atoms with E-state index in [1.54, 1.807) is 0 Å². The van der Waals surface area contributed by atoms with Crippen molar-refractivity contribution in [3.05, 3.63) is 59.7 Å². The number of carboxylic acid groups (broad SMARTS) is 1. The Morgan fingerprint density at radius 1 is 1.00 bits per heavy atom. The van der Waals surface area contributed by atoms with Crippen LogP contribution < -0.4 is 5.32 Å². The van der Waals surface area contributed by atoms with Gasteiger partial charge in [0, 0.05) is 12.5 Å². The monoisotopic (exact) mass is 462 g/mol. The fourth-order valence-electron chi connectivity index (χ4n) is 5.23. The van der Waals surface area contributed by atoms with E-state index >= 15 is 0 Å². The largest absolute Gasteiger partial charge is 0.480 e. The van der Waals surface area contributed by atoms with Gasteiger partial charge >= 0.3 is 12.1 Å². The molecule has 3 aliphatic rings. The van der Waals surface area contributed by atoms with E-state index < -0.39 is 17.6 Å². The van der Waals surface area contributed by atoms with Gasteiger partial charge in [-0.1, -0.05) is 48.5 Å². The summed E-state index contributed by atoms with van der Waals surface area (Å²) in [6, 6.07) is 16.4. The van der Waals surface area contributed by atoms with E-state index in [4.69, 9.17) is 4.74 Å². The van der Waals surface area contributed by atoms with Crippen molar-refractivity contribution in [2.45, 2.75) is 50.0 Å². The molecule has 0 heterocycles. The zero-order valence-corrected chi connectivity index (χ0v) is 19.2. The van der Waals surface area contributed by atoms with Gasteiger partial charge in [-0.3, -0.25) is 9.59 Å². The van der Waals surface area contributed by atoms with Crippen LogP contribution in [0.3, 0.4) is 0 Å². The van der Waals surface area contributed by atoms with Crippen molar-refractivity contribution in [3.8, 4) is 11.1 Å². The van der Waals surface area contributed by atoms with Crippen molar-refractivity contribution in [3.63, 3.8) is 0 Å². The Bertz CT molecular complexity index is 1060. The van der Waals surface area contributed by atoms with Crippen LogP contribution in [0.4, 0.5) is 4.79 Å². The van der Waals surface area contributed by atoms with Crippen molar-refractivity contribution in [1.29, 1.82) is 0 Å². The topological polar surface area (TPSA) is 95.9 Å². The molecule has 0 atom stereocenters. The Kier molecular flexibility index (Phi) is 6.02.